The van der Waals surface area contributed by atoms with Gasteiger partial charge in [0.2, 0.25) is 0 Å². The highest BCUT2D eigenvalue weighted by molar-refractivity contribution is 5.03. The van der Waals surface area contributed by atoms with Crippen molar-refractivity contribution in [3.8, 4) is 0 Å². The van der Waals surface area contributed by atoms with Gasteiger partial charge in [0.15, 0.2) is 0 Å². The fourth-order valence-corrected chi connectivity index (χ4v) is 2.48. The fraction of sp³-hybridized carbons (Fsp3) is 1.00. The predicted octanol–water partition coefficient (Wildman–Crippen LogP) is 0.818. The van der Waals surface area contributed by atoms with E-state index in [1.54, 1.807) is 7.11 Å². The number of ether oxygens (including phenoxy) is 1. The molecule has 2 fully saturated rings. The molecule has 1 saturated heterocycles. The number of hydrogen-bond acceptors (Lipinski definition) is 3. The summed E-state index contributed by atoms with van der Waals surface area (Å²) in [5.41, 5.74) is 0.0305. The monoisotopic (exact) mass is 217 g/mol. The maximum absolute atomic E-state index is 13.8. The molecule has 1 aliphatic carbocycles. The van der Waals surface area contributed by atoms with Crippen molar-refractivity contribution >= 4 is 0 Å². The highest BCUT2D eigenvalue weighted by Gasteiger charge is 2.52. The van der Waals surface area contributed by atoms with Crippen molar-refractivity contribution in [2.24, 2.45) is 5.41 Å². The van der Waals surface area contributed by atoms with Crippen LogP contribution in [-0.4, -0.2) is 55.6 Å². The molecule has 0 aromatic heterocycles. The first-order chi connectivity index (χ1) is 7.16. The Labute approximate surface area is 90.2 Å². The lowest BCUT2D eigenvalue weighted by atomic mass is 9.91. The second-order valence-electron chi connectivity index (χ2n) is 4.95. The van der Waals surface area contributed by atoms with Crippen LogP contribution in [0.25, 0.3) is 0 Å². The summed E-state index contributed by atoms with van der Waals surface area (Å²) in [6.07, 6.45) is 1.88. The van der Waals surface area contributed by atoms with E-state index in [1.165, 1.54) is 0 Å². The third-order valence-electron chi connectivity index (χ3n) is 3.73. The summed E-state index contributed by atoms with van der Waals surface area (Å²) < 4.78 is 18.6. The Morgan fingerprint density at radius 3 is 2.80 bits per heavy atom. The minimum Gasteiger partial charge on any atom is -0.389 e. The normalized spacial score (nSPS) is 31.8. The van der Waals surface area contributed by atoms with E-state index in [0.29, 0.717) is 19.7 Å². The number of aliphatic hydroxyl groups is 1. The van der Waals surface area contributed by atoms with Crippen LogP contribution in [0.1, 0.15) is 19.3 Å². The van der Waals surface area contributed by atoms with Crippen molar-refractivity contribution in [3.05, 3.63) is 0 Å². The van der Waals surface area contributed by atoms with Crippen LogP contribution in [0.5, 0.6) is 0 Å². The molecule has 1 N–H and O–H groups in total. The van der Waals surface area contributed by atoms with E-state index in [4.69, 9.17) is 4.74 Å². The zero-order valence-corrected chi connectivity index (χ0v) is 9.29. The van der Waals surface area contributed by atoms with Gasteiger partial charge in [-0.15, -0.1) is 0 Å². The molecule has 0 amide bonds. The molecular formula is C11H20FNO2. The van der Waals surface area contributed by atoms with Crippen molar-refractivity contribution in [3.63, 3.8) is 0 Å². The molecule has 4 heteroatoms. The van der Waals surface area contributed by atoms with Gasteiger partial charge >= 0.3 is 0 Å². The number of halogens is 1. The first-order valence-corrected chi connectivity index (χ1v) is 5.70. The lowest BCUT2D eigenvalue weighted by Crippen LogP contribution is -2.46. The first-order valence-electron chi connectivity index (χ1n) is 5.70. The van der Waals surface area contributed by atoms with Crippen LogP contribution in [0, 0.1) is 5.41 Å². The quantitative estimate of drug-likeness (QED) is 0.756. The van der Waals surface area contributed by atoms with Crippen LogP contribution in [0.15, 0.2) is 0 Å². The molecule has 0 unspecified atom stereocenters. The topological polar surface area (TPSA) is 32.7 Å². The lowest BCUT2D eigenvalue weighted by molar-refractivity contribution is 0.00698. The lowest BCUT2D eigenvalue weighted by Gasteiger charge is -2.35. The second kappa shape index (κ2) is 4.36. The van der Waals surface area contributed by atoms with Gasteiger partial charge in [0.05, 0.1) is 12.7 Å². The number of rotatable bonds is 4. The van der Waals surface area contributed by atoms with Crippen molar-refractivity contribution < 1.29 is 14.2 Å². The Morgan fingerprint density at radius 1 is 1.53 bits per heavy atom. The molecule has 88 valence electrons. The van der Waals surface area contributed by atoms with Crippen molar-refractivity contribution in [2.45, 2.75) is 31.5 Å². The van der Waals surface area contributed by atoms with Crippen molar-refractivity contribution in [2.75, 3.05) is 33.4 Å². The zero-order valence-electron chi connectivity index (χ0n) is 9.29. The first kappa shape index (κ1) is 11.3. The molecule has 15 heavy (non-hydrogen) atoms. The highest BCUT2D eigenvalue weighted by Crippen LogP contribution is 2.54. The maximum Gasteiger partial charge on any atom is 0.118 e. The smallest absolute Gasteiger partial charge is 0.118 e. The standard InChI is InChI=1S/C11H20FNO2/c1-15-8-9(14)6-13-5-4-11(2-3-11)10(12)7-13/h9-10,14H,2-8H2,1H3/t9-,10-/m0/s1. The summed E-state index contributed by atoms with van der Waals surface area (Å²) in [4.78, 5) is 2.01. The Morgan fingerprint density at radius 2 is 2.27 bits per heavy atom. The molecule has 1 spiro atoms. The van der Waals surface area contributed by atoms with E-state index in [-0.39, 0.29) is 5.41 Å². The van der Waals surface area contributed by atoms with Gasteiger partial charge in [0.1, 0.15) is 6.17 Å². The molecule has 2 aliphatic rings. The van der Waals surface area contributed by atoms with Crippen LogP contribution >= 0.6 is 0 Å². The number of aliphatic hydroxyl groups excluding tert-OH is 1. The molecule has 3 nitrogen and oxygen atoms in total. The van der Waals surface area contributed by atoms with Crippen LogP contribution in [0.3, 0.4) is 0 Å². The number of β-amino-alcohol motifs (C(OH)–C–C–N with tert-alkyl or cyclic N) is 1. The summed E-state index contributed by atoms with van der Waals surface area (Å²) >= 11 is 0. The van der Waals surface area contributed by atoms with Crippen molar-refractivity contribution in [1.82, 2.24) is 4.90 Å². The number of methoxy groups -OCH3 is 1. The number of nitrogens with zero attached hydrogens (tertiary/aromatic N) is 1. The van der Waals surface area contributed by atoms with E-state index < -0.39 is 12.3 Å². The average molecular weight is 217 g/mol. The van der Waals surface area contributed by atoms with Gasteiger partial charge in [-0.1, -0.05) is 0 Å². The third kappa shape index (κ3) is 2.49. The number of alkyl halides is 1. The van der Waals surface area contributed by atoms with Gasteiger partial charge in [-0.25, -0.2) is 4.39 Å². The van der Waals surface area contributed by atoms with Crippen LogP contribution in [0.4, 0.5) is 4.39 Å². The van der Waals surface area contributed by atoms with Gasteiger partial charge in [-0.2, -0.15) is 0 Å². The van der Waals surface area contributed by atoms with Crippen molar-refractivity contribution in [1.29, 1.82) is 0 Å². The molecule has 1 saturated carbocycles. The summed E-state index contributed by atoms with van der Waals surface area (Å²) in [7, 11) is 1.57. The number of hydrogen-bond donors (Lipinski definition) is 1. The van der Waals surface area contributed by atoms with Gasteiger partial charge in [-0.3, -0.25) is 4.90 Å². The van der Waals surface area contributed by atoms with E-state index in [0.717, 1.165) is 25.8 Å². The SMILES string of the molecule is COC[C@@H](O)CN1CCC2(CC2)[C@@H](F)C1. The Hall–Kier alpha value is -0.190. The maximum atomic E-state index is 13.8. The van der Waals surface area contributed by atoms with Crippen LogP contribution < -0.4 is 0 Å². The molecule has 1 aliphatic heterocycles. The third-order valence-corrected chi connectivity index (χ3v) is 3.73. The molecule has 2 rings (SSSR count). The van der Waals surface area contributed by atoms with Gasteiger partial charge in [-0.05, 0) is 25.8 Å². The fourth-order valence-electron chi connectivity index (χ4n) is 2.48. The predicted molar refractivity (Wildman–Crippen MR) is 55.5 cm³/mol. The largest absolute Gasteiger partial charge is 0.389 e. The Bertz CT molecular complexity index is 221. The molecule has 1 heterocycles. The molecule has 0 radical (unpaired) electrons. The molecule has 0 aromatic carbocycles. The molecule has 0 bridgehead atoms. The van der Waals surface area contributed by atoms with E-state index in [9.17, 15) is 9.50 Å². The minimum atomic E-state index is -0.694. The molecule has 0 aromatic rings. The van der Waals surface area contributed by atoms with E-state index in [1.807, 2.05) is 4.90 Å². The molecular weight excluding hydrogens is 197 g/mol. The van der Waals surface area contributed by atoms with Gasteiger partial charge in [0.25, 0.3) is 0 Å². The highest BCUT2D eigenvalue weighted by atomic mass is 19.1. The zero-order chi connectivity index (χ0) is 10.9. The second-order valence-corrected chi connectivity index (χ2v) is 4.95. The van der Waals surface area contributed by atoms with Gasteiger partial charge < -0.3 is 9.84 Å². The summed E-state index contributed by atoms with van der Waals surface area (Å²) in [6, 6.07) is 0. The van der Waals surface area contributed by atoms with Gasteiger partial charge in [0, 0.05) is 25.6 Å². The number of piperidine rings is 1. The summed E-state index contributed by atoms with van der Waals surface area (Å²) in [5, 5.41) is 9.54. The Kier molecular flexibility index (Phi) is 3.28. The van der Waals surface area contributed by atoms with Crippen LogP contribution in [-0.2, 0) is 4.74 Å². The summed E-state index contributed by atoms with van der Waals surface area (Å²) in [6.45, 7) is 2.27. The average Bonchev–Trinajstić information content (AvgIpc) is 2.93. The molecule has 2 atom stereocenters. The summed E-state index contributed by atoms with van der Waals surface area (Å²) in [5.74, 6) is 0. The van der Waals surface area contributed by atoms with Crippen LogP contribution in [0.2, 0.25) is 0 Å². The van der Waals surface area contributed by atoms with E-state index in [2.05, 4.69) is 0 Å². The Balaban J connectivity index is 1.76. The number of likely N-dealkylation sites (tertiary alicyclic amines) is 1. The minimum absolute atomic E-state index is 0.0305. The van der Waals surface area contributed by atoms with E-state index >= 15 is 0 Å².